The fraction of sp³-hybridized carbons (Fsp3) is 0.385. The van der Waals surface area contributed by atoms with Gasteiger partial charge in [-0.05, 0) is 49.4 Å². The molecule has 10 heteroatoms. The van der Waals surface area contributed by atoms with Crippen LogP contribution in [0.1, 0.15) is 32.6 Å². The number of rotatable bonds is 5. The maximum absolute atomic E-state index is 13.0. The lowest BCUT2D eigenvalue weighted by Gasteiger charge is -2.25. The molecule has 1 saturated carbocycles. The largest absolute Gasteiger partial charge is 0.426 e. The minimum absolute atomic E-state index is 0.0554. The molecule has 2 heterocycles. The summed E-state index contributed by atoms with van der Waals surface area (Å²) in [7, 11) is 0. The number of fused-ring (bicyclic) bond motifs is 1. The standard InChI is InChI=1S/C26H25N3O7/c1-15-5-10-21-22(11-15)25(32)28(24(21)31)19-3-2-4-20(13-19)36-26(33)16-12-23(30)27(14-16)17-6-8-18(9-7-17)29(34)35/h2-4,6-9,13,15-16,21-22H,5,10-12,14H2,1H3/t15-,16+,21+,22-/m1/s1. The molecule has 2 aliphatic heterocycles. The van der Waals surface area contributed by atoms with Gasteiger partial charge in [-0.3, -0.25) is 29.3 Å². The van der Waals surface area contributed by atoms with Gasteiger partial charge in [-0.2, -0.15) is 0 Å². The van der Waals surface area contributed by atoms with E-state index in [0.717, 1.165) is 6.42 Å². The van der Waals surface area contributed by atoms with Gasteiger partial charge in [0.15, 0.2) is 0 Å². The van der Waals surface area contributed by atoms with E-state index in [1.807, 2.05) is 0 Å². The number of benzene rings is 2. The first kappa shape index (κ1) is 23.7. The van der Waals surface area contributed by atoms with Crippen molar-refractivity contribution in [3.05, 3.63) is 58.6 Å². The molecule has 0 spiro atoms. The van der Waals surface area contributed by atoms with Crippen LogP contribution in [-0.4, -0.2) is 35.2 Å². The second-order valence-corrected chi connectivity index (χ2v) is 9.74. The molecular weight excluding hydrogens is 466 g/mol. The molecule has 0 bridgehead atoms. The van der Waals surface area contributed by atoms with Gasteiger partial charge in [0.2, 0.25) is 17.7 Å². The SMILES string of the molecule is C[C@@H]1CC[C@@H]2C(=O)N(c3cccc(OC(=O)[C@H]4CC(=O)N(c5ccc([N+](=O)[O-])cc5)C4)c3)C(=O)[C@@H]2C1. The molecule has 0 radical (unpaired) electrons. The van der Waals surface area contributed by atoms with Crippen molar-refractivity contribution in [2.75, 3.05) is 16.3 Å². The number of amides is 3. The minimum Gasteiger partial charge on any atom is -0.426 e. The van der Waals surface area contributed by atoms with E-state index in [2.05, 4.69) is 6.92 Å². The van der Waals surface area contributed by atoms with Gasteiger partial charge in [0.25, 0.3) is 5.69 Å². The molecule has 0 N–H and O–H groups in total. The van der Waals surface area contributed by atoms with E-state index < -0.39 is 16.8 Å². The number of non-ortho nitro benzene ring substituents is 1. The first-order valence-corrected chi connectivity index (χ1v) is 12.0. The Bertz CT molecular complexity index is 1260. The number of carbonyl (C=O) groups is 4. The average molecular weight is 492 g/mol. The molecular formula is C26H25N3O7. The number of carbonyl (C=O) groups excluding carboxylic acids is 4. The van der Waals surface area contributed by atoms with Crippen molar-refractivity contribution >= 4 is 40.8 Å². The van der Waals surface area contributed by atoms with Crippen molar-refractivity contribution in [1.82, 2.24) is 0 Å². The van der Waals surface area contributed by atoms with Crippen LogP contribution < -0.4 is 14.5 Å². The number of nitro benzene ring substituents is 1. The Morgan fingerprint density at radius 3 is 2.44 bits per heavy atom. The highest BCUT2D eigenvalue weighted by Crippen LogP contribution is 2.42. The van der Waals surface area contributed by atoms with Gasteiger partial charge >= 0.3 is 5.97 Å². The summed E-state index contributed by atoms with van der Waals surface area (Å²) in [6, 6.07) is 11.9. The lowest BCUT2D eigenvalue weighted by Crippen LogP contribution is -2.31. The minimum atomic E-state index is -0.726. The highest BCUT2D eigenvalue weighted by Gasteiger charge is 2.50. The second kappa shape index (κ2) is 9.18. The summed E-state index contributed by atoms with van der Waals surface area (Å²) in [4.78, 5) is 64.3. The van der Waals surface area contributed by atoms with Crippen molar-refractivity contribution in [3.8, 4) is 5.75 Å². The molecule has 1 aliphatic carbocycles. The number of hydrogen-bond donors (Lipinski definition) is 0. The molecule has 2 saturated heterocycles. The van der Waals surface area contributed by atoms with E-state index in [9.17, 15) is 29.3 Å². The number of ether oxygens (including phenoxy) is 1. The third-order valence-electron chi connectivity index (χ3n) is 7.31. The lowest BCUT2D eigenvalue weighted by molar-refractivity contribution is -0.384. The van der Waals surface area contributed by atoms with Gasteiger partial charge in [-0.1, -0.05) is 13.0 Å². The van der Waals surface area contributed by atoms with Crippen molar-refractivity contribution in [2.45, 2.75) is 32.6 Å². The fourth-order valence-electron chi connectivity index (χ4n) is 5.40. The van der Waals surface area contributed by atoms with Crippen LogP contribution in [-0.2, 0) is 19.2 Å². The fourth-order valence-corrected chi connectivity index (χ4v) is 5.40. The number of imide groups is 1. The number of anilines is 2. The molecule has 3 amide bonds. The quantitative estimate of drug-likeness (QED) is 0.206. The Morgan fingerprint density at radius 1 is 1.00 bits per heavy atom. The number of hydrogen-bond acceptors (Lipinski definition) is 7. The molecule has 0 unspecified atom stereocenters. The summed E-state index contributed by atoms with van der Waals surface area (Å²) in [6.45, 7) is 2.17. The van der Waals surface area contributed by atoms with Crippen LogP contribution >= 0.6 is 0 Å². The Kier molecular flexibility index (Phi) is 6.03. The molecule has 4 atom stereocenters. The summed E-state index contributed by atoms with van der Waals surface area (Å²) in [5.74, 6) is -2.05. The smallest absolute Gasteiger partial charge is 0.316 e. The maximum atomic E-state index is 13.0. The van der Waals surface area contributed by atoms with Crippen LogP contribution in [0.25, 0.3) is 0 Å². The summed E-state index contributed by atoms with van der Waals surface area (Å²) >= 11 is 0. The monoisotopic (exact) mass is 491 g/mol. The zero-order chi connectivity index (χ0) is 25.6. The van der Waals surface area contributed by atoms with Crippen molar-refractivity contribution in [3.63, 3.8) is 0 Å². The average Bonchev–Trinajstić information content (AvgIpc) is 3.36. The highest BCUT2D eigenvalue weighted by molar-refractivity contribution is 6.22. The van der Waals surface area contributed by atoms with Crippen LogP contribution in [0.15, 0.2) is 48.5 Å². The molecule has 2 aromatic carbocycles. The summed E-state index contributed by atoms with van der Waals surface area (Å²) in [5, 5.41) is 10.9. The number of nitro groups is 1. The molecule has 36 heavy (non-hydrogen) atoms. The molecule has 0 aromatic heterocycles. The predicted octanol–water partition coefficient (Wildman–Crippen LogP) is 3.48. The van der Waals surface area contributed by atoms with E-state index in [-0.39, 0.29) is 54.0 Å². The zero-order valence-corrected chi connectivity index (χ0v) is 19.7. The Hall–Kier alpha value is -4.08. The molecule has 3 fully saturated rings. The van der Waals surface area contributed by atoms with Crippen molar-refractivity contribution < 1.29 is 28.8 Å². The third kappa shape index (κ3) is 4.23. The highest BCUT2D eigenvalue weighted by atomic mass is 16.6. The first-order chi connectivity index (χ1) is 17.2. The lowest BCUT2D eigenvalue weighted by atomic mass is 9.76. The molecule has 2 aromatic rings. The van der Waals surface area contributed by atoms with E-state index in [4.69, 9.17) is 4.74 Å². The van der Waals surface area contributed by atoms with E-state index >= 15 is 0 Å². The van der Waals surface area contributed by atoms with Crippen molar-refractivity contribution in [1.29, 1.82) is 0 Å². The number of nitrogens with zero attached hydrogens (tertiary/aromatic N) is 3. The van der Waals surface area contributed by atoms with Gasteiger partial charge in [0.1, 0.15) is 5.75 Å². The summed E-state index contributed by atoms with van der Waals surface area (Å²) in [6.07, 6.45) is 2.26. The van der Waals surface area contributed by atoms with Crippen LogP contribution in [0.2, 0.25) is 0 Å². The van der Waals surface area contributed by atoms with Gasteiger partial charge in [0.05, 0.1) is 28.4 Å². The molecule has 5 rings (SSSR count). The Balaban J connectivity index is 1.27. The summed E-state index contributed by atoms with van der Waals surface area (Å²) in [5.41, 5.74) is 0.738. The number of esters is 1. The van der Waals surface area contributed by atoms with E-state index in [1.54, 1.807) is 18.2 Å². The van der Waals surface area contributed by atoms with Gasteiger partial charge in [-0.25, -0.2) is 4.90 Å². The van der Waals surface area contributed by atoms with Gasteiger partial charge < -0.3 is 9.64 Å². The van der Waals surface area contributed by atoms with Crippen LogP contribution in [0.3, 0.4) is 0 Å². The van der Waals surface area contributed by atoms with Crippen molar-refractivity contribution in [2.24, 2.45) is 23.7 Å². The predicted molar refractivity (Wildman–Crippen MR) is 128 cm³/mol. The topological polar surface area (TPSA) is 127 Å². The van der Waals surface area contributed by atoms with Crippen LogP contribution in [0.5, 0.6) is 5.75 Å². The second-order valence-electron chi connectivity index (χ2n) is 9.74. The molecule has 3 aliphatic rings. The molecule has 10 nitrogen and oxygen atoms in total. The zero-order valence-electron chi connectivity index (χ0n) is 19.7. The van der Waals surface area contributed by atoms with Gasteiger partial charge in [-0.15, -0.1) is 0 Å². The Morgan fingerprint density at radius 2 is 1.72 bits per heavy atom. The van der Waals surface area contributed by atoms with E-state index in [1.165, 1.54) is 40.1 Å². The van der Waals surface area contributed by atoms with E-state index in [0.29, 0.717) is 30.1 Å². The third-order valence-corrected chi connectivity index (χ3v) is 7.31. The Labute approximate surface area is 207 Å². The van der Waals surface area contributed by atoms with Crippen LogP contribution in [0.4, 0.5) is 17.1 Å². The maximum Gasteiger partial charge on any atom is 0.316 e. The molecule has 186 valence electrons. The van der Waals surface area contributed by atoms with Crippen LogP contribution in [0, 0.1) is 33.8 Å². The first-order valence-electron chi connectivity index (χ1n) is 12.0. The normalized spacial score (nSPS) is 25.8. The summed E-state index contributed by atoms with van der Waals surface area (Å²) < 4.78 is 5.53. The van der Waals surface area contributed by atoms with Gasteiger partial charge in [0, 0.05) is 36.9 Å².